The second-order valence-corrected chi connectivity index (χ2v) is 22.1. The number of aryl methyl sites for hydroxylation is 1. The fraction of sp³-hybridized carbons (Fsp3) is 0.531. The number of hydrogen-bond acceptors (Lipinski definition) is 11. The fourth-order valence-electron chi connectivity index (χ4n) is 9.95. The number of halogens is 2. The first-order valence-electron chi connectivity index (χ1n) is 23.0. The van der Waals surface area contributed by atoms with Gasteiger partial charge in [-0.2, -0.15) is 0 Å². The first kappa shape index (κ1) is 46.8. The highest BCUT2D eigenvalue weighted by molar-refractivity contribution is 7.59. The van der Waals surface area contributed by atoms with E-state index in [0.29, 0.717) is 46.7 Å². The van der Waals surface area contributed by atoms with E-state index in [1.54, 1.807) is 31.2 Å². The number of methoxy groups -OCH3 is 1. The Balaban J connectivity index is 1.15. The summed E-state index contributed by atoms with van der Waals surface area (Å²) in [7, 11) is -2.90. The van der Waals surface area contributed by atoms with Crippen LogP contribution in [0.2, 0.25) is 0 Å². The zero-order valence-corrected chi connectivity index (χ0v) is 39.2. The lowest BCUT2D eigenvalue weighted by atomic mass is 9.94. The van der Waals surface area contributed by atoms with E-state index < -0.39 is 66.1 Å². The molecule has 1 saturated heterocycles. The van der Waals surface area contributed by atoms with Crippen LogP contribution in [-0.2, 0) is 29.8 Å². The lowest BCUT2D eigenvalue weighted by Crippen LogP contribution is -2.45. The molecule has 0 radical (unpaired) electrons. The molecule has 348 valence electrons. The molecule has 2 aromatic carbocycles. The van der Waals surface area contributed by atoms with E-state index >= 15 is 8.78 Å². The highest BCUT2D eigenvalue weighted by Gasteiger charge is 2.65. The standard InChI is InChI=1S/C49H59F2N4O8PS/c1-29(2)52-48-54-39(28-65-48)38-23-43(35-19-20-42(61-4)45(51)46(35)53-38)62-34-22-40-41(56)25-49(64(59,60)27-36-30(3)13-12-18-37(36)50)24-32(49)15-9-7-5-6-8-14-31(47(58)55(40)26-34)21-44(57)63-33-16-10-11-17-33/h9,12-13,15,18-20,23,28-29,31-34,40H,5-8,10-11,14,16-17,21-22,24-27H2,1-4H3,(H,52,54)(H,59,60)/b15-9-/t31-,32-,34-,40+,49-/m1/s1. The van der Waals surface area contributed by atoms with E-state index in [9.17, 15) is 23.8 Å². The summed E-state index contributed by atoms with van der Waals surface area (Å²) >= 11 is 1.38. The Morgan fingerprint density at radius 3 is 2.57 bits per heavy atom. The van der Waals surface area contributed by atoms with Gasteiger partial charge in [-0.1, -0.05) is 37.1 Å². The number of anilines is 1. The van der Waals surface area contributed by atoms with Crippen molar-refractivity contribution in [2.24, 2.45) is 11.8 Å². The van der Waals surface area contributed by atoms with Crippen LogP contribution in [0.15, 0.2) is 53.9 Å². The number of aromatic nitrogens is 2. The summed E-state index contributed by atoms with van der Waals surface area (Å²) in [6.45, 7) is 5.64. The number of benzene rings is 2. The number of nitrogens with one attached hydrogen (secondary N) is 1. The fourth-order valence-corrected chi connectivity index (χ4v) is 13.4. The number of esters is 1. The van der Waals surface area contributed by atoms with E-state index in [4.69, 9.17) is 19.2 Å². The number of Topliss-reactive ketones (excluding diaryl/α,β-unsaturated/α-hetero) is 1. The van der Waals surface area contributed by atoms with Gasteiger partial charge in [0.15, 0.2) is 22.5 Å². The van der Waals surface area contributed by atoms with Crippen LogP contribution in [0.25, 0.3) is 22.3 Å². The Kier molecular flexibility index (Phi) is 14.1. The molecule has 1 unspecified atom stereocenters. The van der Waals surface area contributed by atoms with Crippen LogP contribution in [0.4, 0.5) is 13.9 Å². The normalized spacial score (nSPS) is 25.6. The van der Waals surface area contributed by atoms with Crippen molar-refractivity contribution in [3.05, 3.63) is 76.7 Å². The molecule has 0 bridgehead atoms. The molecule has 16 heteroatoms. The predicted molar refractivity (Wildman–Crippen MR) is 246 cm³/mol. The summed E-state index contributed by atoms with van der Waals surface area (Å²) in [5, 5.41) is 4.73. The molecule has 2 aromatic heterocycles. The lowest BCUT2D eigenvalue weighted by molar-refractivity contribution is -0.154. The molecule has 4 aromatic rings. The Hall–Kier alpha value is -4.72. The number of allylic oxidation sites excluding steroid dienone is 2. The van der Waals surface area contributed by atoms with Gasteiger partial charge in [0, 0.05) is 47.2 Å². The van der Waals surface area contributed by atoms with Crippen molar-refractivity contribution in [1.82, 2.24) is 14.9 Å². The third-order valence-electron chi connectivity index (χ3n) is 13.6. The van der Waals surface area contributed by atoms with Crippen LogP contribution in [0, 0.1) is 30.4 Å². The molecule has 65 heavy (non-hydrogen) atoms. The van der Waals surface area contributed by atoms with Gasteiger partial charge in [-0.3, -0.25) is 18.9 Å². The average Bonchev–Trinajstić information content (AvgIpc) is 3.68. The van der Waals surface area contributed by atoms with E-state index in [2.05, 4.69) is 10.3 Å². The highest BCUT2D eigenvalue weighted by atomic mass is 32.1. The average molecular weight is 933 g/mol. The number of amides is 1. The van der Waals surface area contributed by atoms with Crippen LogP contribution in [0.5, 0.6) is 11.5 Å². The van der Waals surface area contributed by atoms with Crippen molar-refractivity contribution in [3.8, 4) is 22.9 Å². The maximum Gasteiger partial charge on any atom is 0.306 e. The molecule has 2 N–H and O–H groups in total. The van der Waals surface area contributed by atoms with Crippen molar-refractivity contribution in [2.75, 3.05) is 19.0 Å². The molecule has 0 spiro atoms. The molecule has 1 amide bonds. The summed E-state index contributed by atoms with van der Waals surface area (Å²) in [6.07, 6.45) is 9.27. The number of carbonyl (C=O) groups excluding carboxylic acids is 3. The monoisotopic (exact) mass is 932 g/mol. The SMILES string of the molecule is COc1ccc2c(O[C@@H]3C[C@H]4C(=O)C[C@]5(P(=O)(O)Cc6c(C)cccc6F)C[C@H]5/C=C\CCCCC[C@H](CC(=O)OC5CCCC5)C(=O)N4C3)cc(-c3csc(NC(C)C)n3)nc2c1F. The molecular formula is C49H59F2N4O8PS. The van der Waals surface area contributed by atoms with Gasteiger partial charge in [-0.15, -0.1) is 11.3 Å². The van der Waals surface area contributed by atoms with Gasteiger partial charge < -0.3 is 29.3 Å². The van der Waals surface area contributed by atoms with Crippen molar-refractivity contribution in [3.63, 3.8) is 0 Å². The van der Waals surface area contributed by atoms with Crippen LogP contribution >= 0.6 is 18.7 Å². The predicted octanol–water partition coefficient (Wildman–Crippen LogP) is 10.3. The molecule has 12 nitrogen and oxygen atoms in total. The topological polar surface area (TPSA) is 157 Å². The molecule has 2 saturated carbocycles. The van der Waals surface area contributed by atoms with E-state index in [1.807, 2.05) is 31.4 Å². The van der Waals surface area contributed by atoms with Gasteiger partial charge in [-0.25, -0.2) is 18.7 Å². The van der Waals surface area contributed by atoms with Crippen molar-refractivity contribution >= 4 is 52.4 Å². The van der Waals surface area contributed by atoms with E-state index in [0.717, 1.165) is 38.5 Å². The van der Waals surface area contributed by atoms with Crippen molar-refractivity contribution < 1.29 is 46.8 Å². The minimum Gasteiger partial charge on any atom is -0.494 e. The highest BCUT2D eigenvalue weighted by Crippen LogP contribution is 2.74. The minimum atomic E-state index is -4.27. The number of thiazole rings is 1. The number of pyridine rings is 1. The quantitative estimate of drug-likeness (QED) is 0.0792. The van der Waals surface area contributed by atoms with Gasteiger partial charge in [0.05, 0.1) is 43.1 Å². The van der Waals surface area contributed by atoms with Gasteiger partial charge in [-0.05, 0) is 102 Å². The smallest absolute Gasteiger partial charge is 0.306 e. The summed E-state index contributed by atoms with van der Waals surface area (Å²) in [4.78, 5) is 66.3. The first-order valence-corrected chi connectivity index (χ1v) is 25.7. The second kappa shape index (κ2) is 19.6. The number of nitrogens with zero attached hydrogens (tertiary/aromatic N) is 3. The summed E-state index contributed by atoms with van der Waals surface area (Å²) in [6, 6.07) is 8.37. The third-order valence-corrected chi connectivity index (χ3v) is 17.2. The molecule has 4 heterocycles. The molecule has 2 aliphatic carbocycles. The number of ether oxygens (including phenoxy) is 3. The van der Waals surface area contributed by atoms with Crippen LogP contribution in [-0.4, -0.2) is 80.5 Å². The van der Waals surface area contributed by atoms with Crippen LogP contribution in [0.1, 0.15) is 108 Å². The number of carbonyl (C=O) groups is 3. The number of fused-ring (bicyclic) bond motifs is 3. The lowest BCUT2D eigenvalue weighted by Gasteiger charge is -2.30. The molecule has 4 aliphatic rings. The molecule has 8 rings (SSSR count). The first-order chi connectivity index (χ1) is 31.2. The zero-order chi connectivity index (χ0) is 46.0. The zero-order valence-electron chi connectivity index (χ0n) is 37.5. The molecular weight excluding hydrogens is 874 g/mol. The minimum absolute atomic E-state index is 0.0115. The van der Waals surface area contributed by atoms with E-state index in [1.165, 1.54) is 35.5 Å². The number of hydrogen-bond donors (Lipinski definition) is 2. The van der Waals surface area contributed by atoms with Crippen LogP contribution < -0.4 is 14.8 Å². The van der Waals surface area contributed by atoms with Gasteiger partial charge in [0.25, 0.3) is 0 Å². The Bertz CT molecular complexity index is 2490. The maximum atomic E-state index is 16.0. The number of ketones is 1. The number of rotatable bonds is 12. The maximum absolute atomic E-state index is 16.0. The molecule has 3 fully saturated rings. The van der Waals surface area contributed by atoms with E-state index in [-0.39, 0.29) is 72.9 Å². The van der Waals surface area contributed by atoms with Crippen molar-refractivity contribution in [2.45, 2.75) is 140 Å². The van der Waals surface area contributed by atoms with Crippen molar-refractivity contribution in [1.29, 1.82) is 0 Å². The second-order valence-electron chi connectivity index (χ2n) is 18.6. The Morgan fingerprint density at radius 1 is 1.03 bits per heavy atom. The third kappa shape index (κ3) is 10.2. The summed E-state index contributed by atoms with van der Waals surface area (Å²) in [5.41, 5.74) is 1.51. The summed E-state index contributed by atoms with van der Waals surface area (Å²) in [5.74, 6) is -3.44. The Morgan fingerprint density at radius 2 is 1.82 bits per heavy atom. The van der Waals surface area contributed by atoms with Crippen LogP contribution in [0.3, 0.4) is 0 Å². The molecule has 2 aliphatic heterocycles. The molecule has 6 atom stereocenters. The van der Waals surface area contributed by atoms with Gasteiger partial charge >= 0.3 is 5.97 Å². The summed E-state index contributed by atoms with van der Waals surface area (Å²) < 4.78 is 63.9. The van der Waals surface area contributed by atoms with Gasteiger partial charge in [0.1, 0.15) is 35.0 Å². The van der Waals surface area contributed by atoms with Gasteiger partial charge in [0.2, 0.25) is 13.3 Å². The largest absolute Gasteiger partial charge is 0.494 e. The Labute approximate surface area is 383 Å².